The first-order valence-corrected chi connectivity index (χ1v) is 4.62. The molecule has 1 aromatic carbocycles. The number of hydrazine groups is 1. The van der Waals surface area contributed by atoms with Gasteiger partial charge in [-0.15, -0.1) is 5.01 Å². The maximum atomic E-state index is 10.4. The summed E-state index contributed by atoms with van der Waals surface area (Å²) in [5, 5.41) is 16.1. The first kappa shape index (κ1) is 10.1. The molecule has 0 radical (unpaired) electrons. The highest BCUT2D eigenvalue weighted by molar-refractivity contribution is 5.35. The molecule has 0 bridgehead atoms. The van der Waals surface area contributed by atoms with E-state index in [-0.39, 0.29) is 5.69 Å². The Hall–Kier alpha value is -2.40. The molecule has 16 heavy (non-hydrogen) atoms. The number of hydrazone groups is 2. The SMILES string of the molecule is N[N+]1=C=NN(Cc2ccc([N+](=O)[O-])cc2)C1. The van der Waals surface area contributed by atoms with Crippen LogP contribution in [0.3, 0.4) is 0 Å². The van der Waals surface area contributed by atoms with Gasteiger partial charge < -0.3 is 0 Å². The number of non-ortho nitro benzene ring substituents is 1. The first-order valence-electron chi connectivity index (χ1n) is 4.62. The summed E-state index contributed by atoms with van der Waals surface area (Å²) in [6.07, 6.45) is 0. The lowest BCUT2D eigenvalue weighted by molar-refractivity contribution is -0.545. The third-order valence-electron chi connectivity index (χ3n) is 2.14. The van der Waals surface area contributed by atoms with E-state index in [0.29, 0.717) is 13.2 Å². The highest BCUT2D eigenvalue weighted by Gasteiger charge is 2.16. The zero-order chi connectivity index (χ0) is 11.5. The minimum absolute atomic E-state index is 0.0840. The lowest BCUT2D eigenvalue weighted by Gasteiger charge is -2.05. The molecule has 2 rings (SSSR count). The molecule has 82 valence electrons. The number of benzene rings is 1. The number of hydrogen-bond acceptors (Lipinski definition) is 5. The fourth-order valence-electron chi connectivity index (χ4n) is 1.38. The van der Waals surface area contributed by atoms with E-state index >= 15 is 0 Å². The Labute approximate surface area is 91.2 Å². The normalized spacial score (nSPS) is 14.0. The molecular formula is C9H10N5O2+. The fraction of sp³-hybridized carbons (Fsp3) is 0.222. The standard InChI is InChI=1S/C9H10N5O2/c10-12-6-11-13(7-12)5-8-1-3-9(4-2-8)14(15)16/h1-4H,5,7,10H2/q+1. The first-order chi connectivity index (χ1) is 7.65. The summed E-state index contributed by atoms with van der Waals surface area (Å²) in [5.41, 5.74) is 1.02. The highest BCUT2D eigenvalue weighted by atomic mass is 16.6. The molecule has 0 amide bonds. The predicted octanol–water partition coefficient (Wildman–Crippen LogP) is 0.343. The van der Waals surface area contributed by atoms with E-state index in [1.807, 2.05) is 0 Å². The Balaban J connectivity index is 2.01. The molecule has 7 nitrogen and oxygen atoms in total. The molecular weight excluding hydrogens is 210 g/mol. The molecule has 7 heteroatoms. The molecule has 1 heterocycles. The minimum Gasteiger partial charge on any atom is -0.264 e. The summed E-state index contributed by atoms with van der Waals surface area (Å²) in [6, 6.07) is 8.92. The van der Waals surface area contributed by atoms with Gasteiger partial charge in [-0.2, -0.15) is 0 Å². The van der Waals surface area contributed by atoms with Crippen molar-refractivity contribution in [3.8, 4) is 0 Å². The Morgan fingerprint density at radius 1 is 1.56 bits per heavy atom. The van der Waals surface area contributed by atoms with Gasteiger partial charge in [-0.3, -0.25) is 16.0 Å². The van der Waals surface area contributed by atoms with Gasteiger partial charge in [-0.25, -0.2) is 0 Å². The van der Waals surface area contributed by atoms with E-state index in [9.17, 15) is 10.1 Å². The molecule has 0 aromatic heterocycles. The average molecular weight is 220 g/mol. The van der Waals surface area contributed by atoms with Gasteiger partial charge in [-0.05, 0) is 5.56 Å². The topological polar surface area (TPSA) is 87.8 Å². The number of rotatable bonds is 3. The van der Waals surface area contributed by atoms with Crippen LogP contribution in [0.25, 0.3) is 0 Å². The Bertz CT molecular complexity index is 475. The van der Waals surface area contributed by atoms with Crippen LogP contribution in [0.4, 0.5) is 5.69 Å². The summed E-state index contributed by atoms with van der Waals surface area (Å²) in [7, 11) is 0. The van der Waals surface area contributed by atoms with Crippen LogP contribution >= 0.6 is 0 Å². The van der Waals surface area contributed by atoms with Crippen molar-refractivity contribution in [1.29, 1.82) is 0 Å². The summed E-state index contributed by atoms with van der Waals surface area (Å²) in [5.74, 6) is 5.44. The molecule has 1 aliphatic heterocycles. The van der Waals surface area contributed by atoms with Crippen LogP contribution in [0.15, 0.2) is 29.4 Å². The van der Waals surface area contributed by atoms with Crippen LogP contribution in [0.1, 0.15) is 5.56 Å². The molecule has 1 aromatic rings. The van der Waals surface area contributed by atoms with Crippen LogP contribution in [0.5, 0.6) is 0 Å². The Kier molecular flexibility index (Phi) is 2.53. The number of nitrogens with two attached hydrogens (primary N) is 1. The van der Waals surface area contributed by atoms with Crippen molar-refractivity contribution in [2.45, 2.75) is 6.54 Å². The van der Waals surface area contributed by atoms with E-state index in [4.69, 9.17) is 5.84 Å². The summed E-state index contributed by atoms with van der Waals surface area (Å²) < 4.78 is 1.34. The van der Waals surface area contributed by atoms with Gasteiger partial charge in [0.15, 0.2) is 0 Å². The number of hydrogen-bond donors (Lipinski definition) is 1. The molecule has 0 atom stereocenters. The van der Waals surface area contributed by atoms with Crippen molar-refractivity contribution in [3.05, 3.63) is 39.9 Å². The van der Waals surface area contributed by atoms with Gasteiger partial charge in [0.1, 0.15) is 5.10 Å². The van der Waals surface area contributed by atoms with Gasteiger partial charge in [-0.1, -0.05) is 16.8 Å². The molecule has 0 saturated carbocycles. The van der Waals surface area contributed by atoms with Crippen molar-refractivity contribution < 1.29 is 9.61 Å². The van der Waals surface area contributed by atoms with Gasteiger partial charge in [0, 0.05) is 12.1 Å². The van der Waals surface area contributed by atoms with Crippen molar-refractivity contribution in [1.82, 2.24) is 5.01 Å². The predicted molar refractivity (Wildman–Crippen MR) is 55.4 cm³/mol. The van der Waals surface area contributed by atoms with E-state index in [0.717, 1.165) is 5.56 Å². The van der Waals surface area contributed by atoms with Crippen LogP contribution in [-0.4, -0.2) is 27.3 Å². The smallest absolute Gasteiger partial charge is 0.264 e. The maximum Gasteiger partial charge on any atom is 0.365 e. The van der Waals surface area contributed by atoms with E-state index in [1.165, 1.54) is 16.8 Å². The quantitative estimate of drug-likeness (QED) is 0.344. The second kappa shape index (κ2) is 4.00. The van der Waals surface area contributed by atoms with E-state index < -0.39 is 4.92 Å². The summed E-state index contributed by atoms with van der Waals surface area (Å²) >= 11 is 0. The van der Waals surface area contributed by atoms with E-state index in [1.54, 1.807) is 17.1 Å². The van der Waals surface area contributed by atoms with Crippen molar-refractivity contribution in [3.63, 3.8) is 0 Å². The second-order valence-electron chi connectivity index (χ2n) is 3.40. The Morgan fingerprint density at radius 2 is 2.25 bits per heavy atom. The lowest BCUT2D eigenvalue weighted by atomic mass is 10.2. The third-order valence-corrected chi connectivity index (χ3v) is 2.14. The number of nitro groups is 1. The molecule has 0 fully saturated rings. The van der Waals surface area contributed by atoms with Crippen LogP contribution in [0.2, 0.25) is 0 Å². The molecule has 1 aliphatic rings. The highest BCUT2D eigenvalue weighted by Crippen LogP contribution is 2.13. The summed E-state index contributed by atoms with van der Waals surface area (Å²) in [6.45, 7) is 1.02. The van der Waals surface area contributed by atoms with Crippen molar-refractivity contribution in [2.75, 3.05) is 6.67 Å². The van der Waals surface area contributed by atoms with Gasteiger partial charge >= 0.3 is 6.01 Å². The van der Waals surface area contributed by atoms with Crippen LogP contribution in [-0.2, 0) is 6.54 Å². The lowest BCUT2D eigenvalue weighted by Crippen LogP contribution is -2.26. The largest absolute Gasteiger partial charge is 0.365 e. The van der Waals surface area contributed by atoms with Crippen LogP contribution in [0, 0.1) is 10.1 Å². The fourth-order valence-corrected chi connectivity index (χ4v) is 1.38. The molecule has 2 N–H and O–H groups in total. The second-order valence-corrected chi connectivity index (χ2v) is 3.40. The third kappa shape index (κ3) is 2.15. The van der Waals surface area contributed by atoms with Gasteiger partial charge in [0.2, 0.25) is 6.67 Å². The minimum atomic E-state index is -0.423. The molecule has 0 unspecified atom stereocenters. The zero-order valence-corrected chi connectivity index (χ0v) is 8.41. The maximum absolute atomic E-state index is 10.4. The van der Waals surface area contributed by atoms with E-state index in [2.05, 4.69) is 11.1 Å². The van der Waals surface area contributed by atoms with Gasteiger partial charge in [0.05, 0.1) is 11.5 Å². The molecule has 0 aliphatic carbocycles. The van der Waals surface area contributed by atoms with Gasteiger partial charge in [0.25, 0.3) is 5.69 Å². The van der Waals surface area contributed by atoms with Crippen molar-refractivity contribution in [2.24, 2.45) is 10.9 Å². The molecule has 0 spiro atoms. The zero-order valence-electron chi connectivity index (χ0n) is 8.41. The number of nitrogens with zero attached hydrogens (tertiary/aromatic N) is 4. The Morgan fingerprint density at radius 3 is 2.75 bits per heavy atom. The van der Waals surface area contributed by atoms with Crippen LogP contribution < -0.4 is 5.84 Å². The number of nitro benzene ring substituents is 1. The monoisotopic (exact) mass is 220 g/mol. The summed E-state index contributed by atoms with van der Waals surface area (Å²) in [4.78, 5) is 10.0. The van der Waals surface area contributed by atoms with Crippen molar-refractivity contribution >= 4 is 11.7 Å². The average Bonchev–Trinajstić information content (AvgIpc) is 2.65. The molecule has 0 saturated heterocycles.